The molecule has 9 heteroatoms. The molecule has 0 radical (unpaired) electrons. The van der Waals surface area contributed by atoms with Crippen molar-refractivity contribution in [3.63, 3.8) is 0 Å². The number of urea groups is 1. The summed E-state index contributed by atoms with van der Waals surface area (Å²) in [6, 6.07) is 0.807. The molecule has 4 amide bonds. The molecule has 2 heterocycles. The van der Waals surface area contributed by atoms with E-state index in [0.29, 0.717) is 5.69 Å². The van der Waals surface area contributed by atoms with E-state index in [9.17, 15) is 19.2 Å². The van der Waals surface area contributed by atoms with Crippen molar-refractivity contribution in [2.24, 2.45) is 0 Å². The van der Waals surface area contributed by atoms with Crippen molar-refractivity contribution in [3.05, 3.63) is 17.5 Å². The fourth-order valence-corrected chi connectivity index (χ4v) is 1.81. The molecule has 1 aliphatic rings. The summed E-state index contributed by atoms with van der Waals surface area (Å²) in [5, 5.41) is 13.6. The number of aromatic nitrogens is 1. The molecule has 106 valence electrons. The van der Waals surface area contributed by atoms with Gasteiger partial charge in [-0.05, 0) is 13.0 Å². The van der Waals surface area contributed by atoms with Crippen LogP contribution in [0, 0.1) is 6.92 Å². The Morgan fingerprint density at radius 2 is 2.15 bits per heavy atom. The molecule has 20 heavy (non-hydrogen) atoms. The van der Waals surface area contributed by atoms with Crippen molar-refractivity contribution in [2.75, 3.05) is 18.4 Å². The fraction of sp³-hybridized carbons (Fsp3) is 0.273. The van der Waals surface area contributed by atoms with E-state index in [0.717, 1.165) is 4.90 Å². The number of hydrogen-bond acceptors (Lipinski definition) is 4. The number of carbonyl (C=O) groups is 4. The number of nitrogens with zero attached hydrogens (tertiary/aromatic N) is 1. The lowest BCUT2D eigenvalue weighted by Crippen LogP contribution is -2.38. The topological polar surface area (TPSA) is 132 Å². The van der Waals surface area contributed by atoms with Crippen LogP contribution in [0.1, 0.15) is 16.2 Å². The smallest absolute Gasteiger partial charge is 0.354 e. The summed E-state index contributed by atoms with van der Waals surface area (Å²) in [6.07, 6.45) is 0. The predicted molar refractivity (Wildman–Crippen MR) is 66.2 cm³/mol. The van der Waals surface area contributed by atoms with Crippen molar-refractivity contribution in [1.29, 1.82) is 0 Å². The van der Waals surface area contributed by atoms with Crippen molar-refractivity contribution in [3.8, 4) is 0 Å². The van der Waals surface area contributed by atoms with Gasteiger partial charge >= 0.3 is 12.0 Å². The highest BCUT2D eigenvalue weighted by Gasteiger charge is 2.30. The molecule has 0 saturated carbocycles. The molecular formula is C11H12N4O5. The number of carboxylic acid groups (broad SMARTS) is 1. The molecule has 1 saturated heterocycles. The summed E-state index contributed by atoms with van der Waals surface area (Å²) in [5.41, 5.74) is 0.493. The number of aromatic amines is 1. The Hall–Kier alpha value is -2.84. The number of aromatic carboxylic acids is 1. The maximum atomic E-state index is 11.8. The molecule has 1 aliphatic heterocycles. The average Bonchev–Trinajstić information content (AvgIpc) is 2.86. The van der Waals surface area contributed by atoms with Gasteiger partial charge in [0.2, 0.25) is 5.91 Å². The van der Waals surface area contributed by atoms with Gasteiger partial charge in [-0.15, -0.1) is 0 Å². The Morgan fingerprint density at radius 3 is 2.70 bits per heavy atom. The van der Waals surface area contributed by atoms with Crippen molar-refractivity contribution >= 4 is 29.5 Å². The van der Waals surface area contributed by atoms with Gasteiger partial charge in [0.15, 0.2) is 0 Å². The Bertz CT molecular complexity index is 590. The van der Waals surface area contributed by atoms with E-state index in [1.54, 1.807) is 6.92 Å². The lowest BCUT2D eigenvalue weighted by molar-refractivity contribution is -0.128. The van der Waals surface area contributed by atoms with Crippen molar-refractivity contribution in [2.45, 2.75) is 6.92 Å². The molecule has 0 atom stereocenters. The van der Waals surface area contributed by atoms with Gasteiger partial charge in [-0.1, -0.05) is 0 Å². The zero-order chi connectivity index (χ0) is 14.9. The van der Waals surface area contributed by atoms with Gasteiger partial charge in [-0.3, -0.25) is 14.5 Å². The number of carboxylic acids is 1. The zero-order valence-corrected chi connectivity index (χ0v) is 10.5. The molecule has 0 bridgehead atoms. The van der Waals surface area contributed by atoms with E-state index in [1.807, 2.05) is 0 Å². The SMILES string of the molecule is Cc1cc(NC(=O)CN2C(=O)CNC2=O)c(C(=O)O)[nH]1. The van der Waals surface area contributed by atoms with Gasteiger partial charge in [0.05, 0.1) is 12.2 Å². The van der Waals surface area contributed by atoms with Gasteiger partial charge in [0, 0.05) is 5.69 Å². The highest BCUT2D eigenvalue weighted by Crippen LogP contribution is 2.16. The van der Waals surface area contributed by atoms with Crippen LogP contribution >= 0.6 is 0 Å². The lowest BCUT2D eigenvalue weighted by atomic mass is 10.3. The van der Waals surface area contributed by atoms with E-state index in [-0.39, 0.29) is 17.9 Å². The molecule has 1 aromatic rings. The van der Waals surface area contributed by atoms with E-state index >= 15 is 0 Å². The molecule has 1 aromatic heterocycles. The van der Waals surface area contributed by atoms with Crippen LogP contribution in [0.3, 0.4) is 0 Å². The van der Waals surface area contributed by atoms with Crippen LogP contribution < -0.4 is 10.6 Å². The van der Waals surface area contributed by atoms with Gasteiger partial charge in [-0.2, -0.15) is 0 Å². The van der Waals surface area contributed by atoms with Crippen LogP contribution in [0.2, 0.25) is 0 Å². The molecule has 1 fully saturated rings. The van der Waals surface area contributed by atoms with Gasteiger partial charge < -0.3 is 20.7 Å². The van der Waals surface area contributed by atoms with Crippen molar-refractivity contribution in [1.82, 2.24) is 15.2 Å². The third-order valence-corrected chi connectivity index (χ3v) is 2.68. The summed E-state index contributed by atoms with van der Waals surface area (Å²) in [5.74, 6) is -2.38. The number of rotatable bonds is 4. The number of imide groups is 1. The first kappa shape index (κ1) is 13.6. The third kappa shape index (κ3) is 2.60. The largest absolute Gasteiger partial charge is 0.477 e. The number of hydrogen-bond donors (Lipinski definition) is 4. The number of aryl methyl sites for hydroxylation is 1. The molecule has 0 spiro atoms. The summed E-state index contributed by atoms with van der Waals surface area (Å²) >= 11 is 0. The van der Waals surface area contributed by atoms with Crippen LogP contribution in [0.25, 0.3) is 0 Å². The maximum absolute atomic E-state index is 11.8. The first-order valence-corrected chi connectivity index (χ1v) is 5.69. The van der Waals surface area contributed by atoms with E-state index in [1.165, 1.54) is 6.07 Å². The fourth-order valence-electron chi connectivity index (χ4n) is 1.81. The Kier molecular flexibility index (Phi) is 3.42. The van der Waals surface area contributed by atoms with E-state index in [4.69, 9.17) is 5.11 Å². The van der Waals surface area contributed by atoms with Crippen LogP contribution in [0.5, 0.6) is 0 Å². The molecule has 9 nitrogen and oxygen atoms in total. The van der Waals surface area contributed by atoms with Crippen molar-refractivity contribution < 1.29 is 24.3 Å². The minimum Gasteiger partial charge on any atom is -0.477 e. The lowest BCUT2D eigenvalue weighted by Gasteiger charge is -2.11. The molecule has 4 N–H and O–H groups in total. The second-order valence-corrected chi connectivity index (χ2v) is 4.23. The third-order valence-electron chi connectivity index (χ3n) is 2.68. The number of nitrogens with one attached hydrogen (secondary N) is 3. The second-order valence-electron chi connectivity index (χ2n) is 4.23. The summed E-state index contributed by atoms with van der Waals surface area (Å²) in [6.45, 7) is 1.03. The quantitative estimate of drug-likeness (QED) is 0.553. The normalized spacial score (nSPS) is 14.3. The first-order chi connectivity index (χ1) is 9.38. The number of amides is 4. The van der Waals surface area contributed by atoms with E-state index in [2.05, 4.69) is 15.6 Å². The van der Waals surface area contributed by atoms with Gasteiger partial charge in [0.25, 0.3) is 5.91 Å². The van der Waals surface area contributed by atoms with Crippen LogP contribution in [0.15, 0.2) is 6.07 Å². The number of anilines is 1. The van der Waals surface area contributed by atoms with Gasteiger partial charge in [-0.25, -0.2) is 9.59 Å². The Morgan fingerprint density at radius 1 is 1.45 bits per heavy atom. The minimum atomic E-state index is -1.22. The van der Waals surface area contributed by atoms with Gasteiger partial charge in [0.1, 0.15) is 12.2 Å². The van der Waals surface area contributed by atoms with Crippen LogP contribution in [-0.2, 0) is 9.59 Å². The molecule has 2 rings (SSSR count). The Labute approximate surface area is 112 Å². The Balaban J connectivity index is 2.07. The monoisotopic (exact) mass is 280 g/mol. The minimum absolute atomic E-state index is 0.0899. The van der Waals surface area contributed by atoms with E-state index < -0.39 is 30.4 Å². The highest BCUT2D eigenvalue weighted by atomic mass is 16.4. The predicted octanol–water partition coefficient (Wildman–Crippen LogP) is -0.488. The van der Waals surface area contributed by atoms with Crippen LogP contribution in [-0.4, -0.2) is 51.9 Å². The summed E-state index contributed by atoms with van der Waals surface area (Å²) in [4.78, 5) is 48.6. The number of H-pyrrole nitrogens is 1. The molecule has 0 aromatic carbocycles. The highest BCUT2D eigenvalue weighted by molar-refractivity contribution is 6.07. The first-order valence-electron chi connectivity index (χ1n) is 5.69. The maximum Gasteiger partial charge on any atom is 0.354 e. The average molecular weight is 280 g/mol. The summed E-state index contributed by atoms with van der Waals surface area (Å²) < 4.78 is 0. The molecule has 0 unspecified atom stereocenters. The molecule has 0 aliphatic carbocycles. The summed E-state index contributed by atoms with van der Waals surface area (Å²) in [7, 11) is 0. The van der Waals surface area contributed by atoms with Crippen LogP contribution in [0.4, 0.5) is 10.5 Å². The number of carbonyl (C=O) groups excluding carboxylic acids is 3. The zero-order valence-electron chi connectivity index (χ0n) is 10.5. The standard InChI is InChI=1S/C11H12N4O5/c1-5-2-6(9(13-5)10(18)19)14-7(16)4-15-8(17)3-12-11(15)20/h2,13H,3-4H2,1H3,(H,12,20)(H,14,16)(H,18,19). The second kappa shape index (κ2) is 5.03. The molecular weight excluding hydrogens is 268 g/mol.